The molecule has 0 spiro atoms. The summed E-state index contributed by atoms with van der Waals surface area (Å²) in [6.07, 6.45) is 0.663. The first-order valence-electron chi connectivity index (χ1n) is 6.99. The number of thioether (sulfide) groups is 1. The predicted octanol–water partition coefficient (Wildman–Crippen LogP) is 4.15. The molecule has 0 radical (unpaired) electrons. The van der Waals surface area contributed by atoms with Crippen LogP contribution in [0.4, 0.5) is 5.13 Å². The van der Waals surface area contributed by atoms with Crippen molar-refractivity contribution in [3.05, 3.63) is 45.4 Å². The maximum absolute atomic E-state index is 12.2. The highest BCUT2D eigenvalue weighted by atomic mass is 35.5. The van der Waals surface area contributed by atoms with Gasteiger partial charge in [0.25, 0.3) is 5.91 Å². The van der Waals surface area contributed by atoms with Gasteiger partial charge < -0.3 is 0 Å². The molecule has 0 fully saturated rings. The molecule has 0 saturated carbocycles. The van der Waals surface area contributed by atoms with E-state index in [9.17, 15) is 4.79 Å². The number of rotatable bonds is 6. The molecule has 124 valence electrons. The molecule has 1 aromatic carbocycles. The molecule has 0 aliphatic rings. The Balaban J connectivity index is 1.60. The van der Waals surface area contributed by atoms with Crippen LogP contribution in [-0.4, -0.2) is 25.7 Å². The number of aryl methyl sites for hydroxylation is 1. The van der Waals surface area contributed by atoms with Gasteiger partial charge in [-0.15, -0.1) is 15.3 Å². The summed E-state index contributed by atoms with van der Waals surface area (Å²) >= 11 is 9.94. The summed E-state index contributed by atoms with van der Waals surface area (Å²) in [4.78, 5) is 12.7. The van der Waals surface area contributed by atoms with Gasteiger partial charge in [0.05, 0.1) is 5.69 Å². The molecular weight excluding hydrogens is 386 g/mol. The van der Waals surface area contributed by atoms with Gasteiger partial charge in [-0.05, 0) is 35.6 Å². The highest BCUT2D eigenvalue weighted by Crippen LogP contribution is 2.29. The zero-order valence-corrected chi connectivity index (χ0v) is 15.7. The molecule has 1 amide bonds. The summed E-state index contributed by atoms with van der Waals surface area (Å²) in [6.45, 7) is 1.93. The molecule has 0 bridgehead atoms. The molecule has 0 atom stereocenters. The Labute approximate surface area is 155 Å². The average molecular weight is 398 g/mol. The monoisotopic (exact) mass is 397 g/mol. The SMILES string of the molecule is CCc1nnsc1C(=O)Nc1nnc(SCc2cccc(Cl)c2)s1. The second kappa shape index (κ2) is 8.02. The number of aromatic nitrogens is 4. The van der Waals surface area contributed by atoms with Gasteiger partial charge >= 0.3 is 0 Å². The van der Waals surface area contributed by atoms with Gasteiger partial charge in [-0.1, -0.05) is 58.2 Å². The maximum Gasteiger partial charge on any atom is 0.271 e. The topological polar surface area (TPSA) is 80.7 Å². The second-order valence-corrected chi connectivity index (χ2v) is 8.04. The van der Waals surface area contributed by atoms with Gasteiger partial charge in [0.1, 0.15) is 4.88 Å². The Bertz CT molecular complexity index is 850. The Morgan fingerprint density at radius 3 is 3.00 bits per heavy atom. The molecule has 2 heterocycles. The number of halogens is 1. The van der Waals surface area contributed by atoms with E-state index in [2.05, 4.69) is 25.1 Å². The number of carbonyl (C=O) groups is 1. The molecule has 3 aromatic rings. The molecule has 24 heavy (non-hydrogen) atoms. The Morgan fingerprint density at radius 1 is 1.33 bits per heavy atom. The second-order valence-electron chi connectivity index (χ2n) is 4.65. The van der Waals surface area contributed by atoms with Gasteiger partial charge in [-0.3, -0.25) is 10.1 Å². The molecule has 0 unspecified atom stereocenters. The third-order valence-corrected chi connectivity index (χ3v) is 6.02. The molecule has 0 saturated heterocycles. The molecule has 10 heteroatoms. The smallest absolute Gasteiger partial charge is 0.271 e. The minimum Gasteiger partial charge on any atom is -0.296 e. The van der Waals surface area contributed by atoms with Crippen molar-refractivity contribution in [2.24, 2.45) is 0 Å². The number of nitrogens with one attached hydrogen (secondary N) is 1. The van der Waals surface area contributed by atoms with Gasteiger partial charge in [0, 0.05) is 10.8 Å². The van der Waals surface area contributed by atoms with Crippen molar-refractivity contribution in [3.8, 4) is 0 Å². The summed E-state index contributed by atoms with van der Waals surface area (Å²) in [5.41, 5.74) is 1.80. The molecule has 0 aliphatic carbocycles. The number of anilines is 1. The van der Waals surface area contributed by atoms with E-state index in [4.69, 9.17) is 11.6 Å². The highest BCUT2D eigenvalue weighted by molar-refractivity contribution is 8.00. The van der Waals surface area contributed by atoms with Crippen LogP contribution in [0, 0.1) is 0 Å². The normalized spacial score (nSPS) is 10.8. The van der Waals surface area contributed by atoms with Gasteiger partial charge in [0.15, 0.2) is 4.34 Å². The average Bonchev–Trinajstić information content (AvgIpc) is 3.22. The summed E-state index contributed by atoms with van der Waals surface area (Å²) in [5.74, 6) is 0.492. The molecular formula is C14H12ClN5OS3. The van der Waals surface area contributed by atoms with E-state index in [1.54, 1.807) is 11.8 Å². The highest BCUT2D eigenvalue weighted by Gasteiger charge is 2.17. The van der Waals surface area contributed by atoms with Crippen molar-refractivity contribution in [1.82, 2.24) is 19.8 Å². The number of hydrogen-bond donors (Lipinski definition) is 1. The van der Waals surface area contributed by atoms with Crippen LogP contribution in [0.5, 0.6) is 0 Å². The van der Waals surface area contributed by atoms with Crippen LogP contribution in [0.3, 0.4) is 0 Å². The minimum absolute atomic E-state index is 0.246. The standard InChI is InChI=1S/C14H12ClN5OS3/c1-2-10-11(24-20-17-10)12(21)16-13-18-19-14(23-13)22-7-8-4-3-5-9(15)6-8/h3-6H,2,7H2,1H3,(H,16,18,21). The lowest BCUT2D eigenvalue weighted by Gasteiger charge is -1.99. The van der Waals surface area contributed by atoms with Crippen molar-refractivity contribution in [3.63, 3.8) is 0 Å². The van der Waals surface area contributed by atoms with E-state index in [-0.39, 0.29) is 5.91 Å². The van der Waals surface area contributed by atoms with Crippen LogP contribution < -0.4 is 5.32 Å². The van der Waals surface area contributed by atoms with E-state index in [0.29, 0.717) is 27.1 Å². The van der Waals surface area contributed by atoms with Crippen LogP contribution in [0.25, 0.3) is 0 Å². The number of amides is 1. The lowest BCUT2D eigenvalue weighted by molar-refractivity contribution is 0.102. The summed E-state index contributed by atoms with van der Waals surface area (Å²) in [6, 6.07) is 7.68. The first-order valence-corrected chi connectivity index (χ1v) is 9.94. The first kappa shape index (κ1) is 17.3. The number of benzene rings is 1. The van der Waals surface area contributed by atoms with Crippen LogP contribution in [0.1, 0.15) is 27.9 Å². The molecule has 2 aromatic heterocycles. The van der Waals surface area contributed by atoms with Crippen LogP contribution in [0.2, 0.25) is 5.02 Å². The van der Waals surface area contributed by atoms with Crippen molar-refractivity contribution in [2.45, 2.75) is 23.4 Å². The largest absolute Gasteiger partial charge is 0.296 e. The van der Waals surface area contributed by atoms with Crippen LogP contribution in [0.15, 0.2) is 28.6 Å². The van der Waals surface area contributed by atoms with E-state index in [0.717, 1.165) is 27.2 Å². The molecule has 1 N–H and O–H groups in total. The lowest BCUT2D eigenvalue weighted by atomic mass is 10.2. The Morgan fingerprint density at radius 2 is 2.21 bits per heavy atom. The molecule has 3 rings (SSSR count). The Hall–Kier alpha value is -1.55. The van der Waals surface area contributed by atoms with Gasteiger partial charge in [0.2, 0.25) is 5.13 Å². The van der Waals surface area contributed by atoms with E-state index >= 15 is 0 Å². The molecule has 0 aliphatic heterocycles. The van der Waals surface area contributed by atoms with Crippen molar-refractivity contribution < 1.29 is 4.79 Å². The summed E-state index contributed by atoms with van der Waals surface area (Å²) in [7, 11) is 0. The third-order valence-electron chi connectivity index (χ3n) is 2.98. The fraction of sp³-hybridized carbons (Fsp3) is 0.214. The zero-order valence-electron chi connectivity index (χ0n) is 12.5. The van der Waals surface area contributed by atoms with Gasteiger partial charge in [-0.25, -0.2) is 0 Å². The minimum atomic E-state index is -0.246. The van der Waals surface area contributed by atoms with E-state index < -0.39 is 0 Å². The lowest BCUT2D eigenvalue weighted by Crippen LogP contribution is -2.12. The van der Waals surface area contributed by atoms with Gasteiger partial charge in [-0.2, -0.15) is 0 Å². The number of carbonyl (C=O) groups excluding carboxylic acids is 1. The van der Waals surface area contributed by atoms with Crippen molar-refractivity contribution >= 4 is 57.3 Å². The Kier molecular flexibility index (Phi) is 5.77. The fourth-order valence-corrected chi connectivity index (χ4v) is 4.41. The van der Waals surface area contributed by atoms with Crippen molar-refractivity contribution in [2.75, 3.05) is 5.32 Å². The zero-order chi connectivity index (χ0) is 16.9. The van der Waals surface area contributed by atoms with Crippen molar-refractivity contribution in [1.29, 1.82) is 0 Å². The summed E-state index contributed by atoms with van der Waals surface area (Å²) in [5, 5.41) is 15.9. The third kappa shape index (κ3) is 4.29. The first-order chi connectivity index (χ1) is 11.7. The van der Waals surface area contributed by atoms with Crippen LogP contribution in [-0.2, 0) is 12.2 Å². The number of hydrogen-bond acceptors (Lipinski definition) is 8. The quantitative estimate of drug-likeness (QED) is 0.497. The summed E-state index contributed by atoms with van der Waals surface area (Å²) < 4.78 is 4.60. The molecule has 6 nitrogen and oxygen atoms in total. The fourth-order valence-electron chi connectivity index (χ4n) is 1.86. The number of nitrogens with zero attached hydrogens (tertiary/aromatic N) is 4. The van der Waals surface area contributed by atoms with Crippen LogP contribution >= 0.6 is 46.2 Å². The maximum atomic E-state index is 12.2. The predicted molar refractivity (Wildman–Crippen MR) is 98.2 cm³/mol. The van der Waals surface area contributed by atoms with E-state index in [1.165, 1.54) is 11.3 Å². The van der Waals surface area contributed by atoms with E-state index in [1.807, 2.05) is 31.2 Å².